The molecule has 0 saturated carbocycles. The summed E-state index contributed by atoms with van der Waals surface area (Å²) in [6.07, 6.45) is 1.51. The predicted octanol–water partition coefficient (Wildman–Crippen LogP) is 3.16. The molecule has 6 nitrogen and oxygen atoms in total. The minimum absolute atomic E-state index is 0.0625. The standard InChI is InChI=1S/C20H23N3O3/c1-4-26-19-11-16(8-9-18(19)15(3)24)12-22-23-20(25)13-21-17-7-5-6-14(2)10-17/h5-12,21H,4,13H2,1-3H3,(H,23,25). The highest BCUT2D eigenvalue weighted by Crippen LogP contribution is 2.20. The number of hydrazone groups is 1. The molecule has 0 atom stereocenters. The fourth-order valence-corrected chi connectivity index (χ4v) is 2.34. The topological polar surface area (TPSA) is 79.8 Å². The molecular formula is C20H23N3O3. The van der Waals surface area contributed by atoms with E-state index in [4.69, 9.17) is 4.74 Å². The normalized spacial score (nSPS) is 10.6. The van der Waals surface area contributed by atoms with Crippen LogP contribution in [-0.4, -0.2) is 31.1 Å². The molecule has 26 heavy (non-hydrogen) atoms. The predicted molar refractivity (Wildman–Crippen MR) is 103 cm³/mol. The molecular weight excluding hydrogens is 330 g/mol. The fraction of sp³-hybridized carbons (Fsp3) is 0.250. The molecule has 0 bridgehead atoms. The lowest BCUT2D eigenvalue weighted by atomic mass is 10.1. The van der Waals surface area contributed by atoms with E-state index in [2.05, 4.69) is 15.8 Å². The summed E-state index contributed by atoms with van der Waals surface area (Å²) in [7, 11) is 0. The molecule has 1 amide bonds. The number of hydrogen-bond donors (Lipinski definition) is 2. The molecule has 2 rings (SSSR count). The van der Waals surface area contributed by atoms with Gasteiger partial charge >= 0.3 is 0 Å². The lowest BCUT2D eigenvalue weighted by Gasteiger charge is -2.08. The van der Waals surface area contributed by atoms with Gasteiger partial charge in [-0.2, -0.15) is 5.10 Å². The number of nitrogens with one attached hydrogen (secondary N) is 2. The highest BCUT2D eigenvalue weighted by atomic mass is 16.5. The molecule has 0 aromatic heterocycles. The van der Waals surface area contributed by atoms with E-state index < -0.39 is 0 Å². The second-order valence-electron chi connectivity index (χ2n) is 5.76. The first kappa shape index (κ1) is 19.2. The van der Waals surface area contributed by atoms with Gasteiger partial charge in [-0.05, 0) is 56.2 Å². The number of carbonyl (C=O) groups excluding carboxylic acids is 2. The Morgan fingerprint density at radius 1 is 1.19 bits per heavy atom. The van der Waals surface area contributed by atoms with E-state index in [0.29, 0.717) is 17.9 Å². The minimum atomic E-state index is -0.256. The van der Waals surface area contributed by atoms with Crippen molar-refractivity contribution in [2.24, 2.45) is 5.10 Å². The first-order valence-electron chi connectivity index (χ1n) is 8.40. The molecule has 0 aliphatic heterocycles. The van der Waals surface area contributed by atoms with Gasteiger partial charge in [-0.1, -0.05) is 18.2 Å². The van der Waals surface area contributed by atoms with Crippen LogP contribution in [0.3, 0.4) is 0 Å². The zero-order chi connectivity index (χ0) is 18.9. The number of nitrogens with zero attached hydrogens (tertiary/aromatic N) is 1. The lowest BCUT2D eigenvalue weighted by Crippen LogP contribution is -2.25. The van der Waals surface area contributed by atoms with Gasteiger partial charge in [-0.3, -0.25) is 9.59 Å². The van der Waals surface area contributed by atoms with Crippen molar-refractivity contribution < 1.29 is 14.3 Å². The van der Waals surface area contributed by atoms with Crippen LogP contribution in [0.5, 0.6) is 5.75 Å². The Kier molecular flexibility index (Phi) is 6.91. The Balaban J connectivity index is 1.91. The Hall–Kier alpha value is -3.15. The number of ether oxygens (including phenoxy) is 1. The summed E-state index contributed by atoms with van der Waals surface area (Å²) < 4.78 is 5.48. The fourth-order valence-electron chi connectivity index (χ4n) is 2.34. The van der Waals surface area contributed by atoms with Gasteiger partial charge in [-0.15, -0.1) is 0 Å². The molecule has 0 heterocycles. The summed E-state index contributed by atoms with van der Waals surface area (Å²) >= 11 is 0. The number of benzene rings is 2. The average molecular weight is 353 g/mol. The van der Waals surface area contributed by atoms with Gasteiger partial charge in [0.15, 0.2) is 5.78 Å². The maximum Gasteiger partial charge on any atom is 0.259 e. The number of aryl methyl sites for hydroxylation is 1. The van der Waals surface area contributed by atoms with Crippen LogP contribution in [0, 0.1) is 6.92 Å². The van der Waals surface area contributed by atoms with Crippen LogP contribution in [0.25, 0.3) is 0 Å². The largest absolute Gasteiger partial charge is 0.493 e. The highest BCUT2D eigenvalue weighted by molar-refractivity contribution is 5.98. The van der Waals surface area contributed by atoms with Gasteiger partial charge in [0.25, 0.3) is 5.91 Å². The van der Waals surface area contributed by atoms with Crippen LogP contribution in [-0.2, 0) is 4.79 Å². The molecule has 6 heteroatoms. The van der Waals surface area contributed by atoms with Gasteiger partial charge in [0.1, 0.15) is 5.75 Å². The SMILES string of the molecule is CCOc1cc(C=NNC(=O)CNc2cccc(C)c2)ccc1C(C)=O. The van der Waals surface area contributed by atoms with E-state index in [9.17, 15) is 9.59 Å². The third-order valence-electron chi connectivity index (χ3n) is 3.56. The molecule has 2 N–H and O–H groups in total. The summed E-state index contributed by atoms with van der Waals surface area (Å²) in [6.45, 7) is 5.92. The second-order valence-corrected chi connectivity index (χ2v) is 5.76. The quantitative estimate of drug-likeness (QED) is 0.434. The maximum absolute atomic E-state index is 11.8. The van der Waals surface area contributed by atoms with Crippen molar-refractivity contribution in [1.82, 2.24) is 5.43 Å². The number of carbonyl (C=O) groups is 2. The van der Waals surface area contributed by atoms with E-state index in [1.54, 1.807) is 18.2 Å². The van der Waals surface area contributed by atoms with Crippen LogP contribution in [0.1, 0.15) is 35.3 Å². The summed E-state index contributed by atoms with van der Waals surface area (Å²) in [5, 5.41) is 6.98. The first-order valence-corrected chi connectivity index (χ1v) is 8.40. The zero-order valence-corrected chi connectivity index (χ0v) is 15.2. The molecule has 0 spiro atoms. The molecule has 0 saturated heterocycles. The van der Waals surface area contributed by atoms with Crippen LogP contribution >= 0.6 is 0 Å². The molecule has 0 aliphatic carbocycles. The lowest BCUT2D eigenvalue weighted by molar-refractivity contribution is -0.119. The van der Waals surface area contributed by atoms with Gasteiger partial charge in [-0.25, -0.2) is 5.43 Å². The molecule has 0 aliphatic rings. The summed E-state index contributed by atoms with van der Waals surface area (Å²) in [5.74, 6) is 0.192. The second kappa shape index (κ2) is 9.36. The molecule has 2 aromatic carbocycles. The van der Waals surface area contributed by atoms with Crippen molar-refractivity contribution in [3.8, 4) is 5.75 Å². The zero-order valence-electron chi connectivity index (χ0n) is 15.2. The van der Waals surface area contributed by atoms with Crippen LogP contribution in [0.15, 0.2) is 47.6 Å². The van der Waals surface area contributed by atoms with Crippen LogP contribution < -0.4 is 15.5 Å². The number of anilines is 1. The molecule has 0 unspecified atom stereocenters. The third kappa shape index (κ3) is 5.73. The number of hydrogen-bond acceptors (Lipinski definition) is 5. The summed E-state index contributed by atoms with van der Waals surface area (Å²) in [4.78, 5) is 23.4. The van der Waals surface area contributed by atoms with Crippen molar-refractivity contribution in [2.75, 3.05) is 18.5 Å². The number of Topliss-reactive ketones (excluding diaryl/α,β-unsaturated/α-hetero) is 1. The van der Waals surface area contributed by atoms with E-state index in [1.165, 1.54) is 13.1 Å². The number of amides is 1. The maximum atomic E-state index is 11.8. The summed E-state index contributed by atoms with van der Waals surface area (Å²) in [6, 6.07) is 12.9. The Morgan fingerprint density at radius 2 is 2.00 bits per heavy atom. The Morgan fingerprint density at radius 3 is 2.69 bits per heavy atom. The average Bonchev–Trinajstić information content (AvgIpc) is 2.60. The number of rotatable bonds is 8. The smallest absolute Gasteiger partial charge is 0.259 e. The minimum Gasteiger partial charge on any atom is -0.493 e. The van der Waals surface area contributed by atoms with Gasteiger partial charge in [0.05, 0.1) is 24.9 Å². The summed E-state index contributed by atoms with van der Waals surface area (Å²) in [5.41, 5.74) is 5.71. The number of ketones is 1. The van der Waals surface area contributed by atoms with Crippen molar-refractivity contribution >= 4 is 23.6 Å². The Labute approximate surface area is 153 Å². The van der Waals surface area contributed by atoms with E-state index in [-0.39, 0.29) is 18.2 Å². The van der Waals surface area contributed by atoms with Gasteiger partial charge < -0.3 is 10.1 Å². The van der Waals surface area contributed by atoms with Crippen molar-refractivity contribution in [3.05, 3.63) is 59.2 Å². The van der Waals surface area contributed by atoms with Crippen LogP contribution in [0.2, 0.25) is 0 Å². The van der Waals surface area contributed by atoms with Crippen molar-refractivity contribution in [3.63, 3.8) is 0 Å². The van der Waals surface area contributed by atoms with Crippen LogP contribution in [0.4, 0.5) is 5.69 Å². The van der Waals surface area contributed by atoms with Crippen molar-refractivity contribution in [1.29, 1.82) is 0 Å². The van der Waals surface area contributed by atoms with Gasteiger partial charge in [0, 0.05) is 5.69 Å². The molecule has 0 radical (unpaired) electrons. The van der Waals surface area contributed by atoms with E-state index in [1.807, 2.05) is 38.1 Å². The Bertz CT molecular complexity index is 816. The first-order chi connectivity index (χ1) is 12.5. The van der Waals surface area contributed by atoms with Crippen molar-refractivity contribution in [2.45, 2.75) is 20.8 Å². The molecule has 0 fully saturated rings. The monoisotopic (exact) mass is 353 g/mol. The molecule has 136 valence electrons. The van der Waals surface area contributed by atoms with E-state index >= 15 is 0 Å². The molecule has 2 aromatic rings. The van der Waals surface area contributed by atoms with E-state index in [0.717, 1.165) is 16.8 Å². The third-order valence-corrected chi connectivity index (χ3v) is 3.56. The highest BCUT2D eigenvalue weighted by Gasteiger charge is 2.08. The van der Waals surface area contributed by atoms with Gasteiger partial charge in [0.2, 0.25) is 0 Å².